The third-order valence-electron chi connectivity index (χ3n) is 3.73. The van der Waals surface area contributed by atoms with Crippen molar-refractivity contribution in [3.63, 3.8) is 0 Å². The van der Waals surface area contributed by atoms with E-state index in [-0.39, 0.29) is 5.41 Å². The standard InChI is InChI=1S/C15H23NO3/c1-5-16-8-15(9-19-10-15)14-11(2)6-12(17-3)7-13(14)18-4/h6-7,16H,5,8-10H2,1-4H3. The lowest BCUT2D eigenvalue weighted by molar-refractivity contribution is -0.0600. The molecule has 1 aromatic rings. The summed E-state index contributed by atoms with van der Waals surface area (Å²) in [4.78, 5) is 0. The van der Waals surface area contributed by atoms with Crippen LogP contribution in [-0.2, 0) is 10.2 Å². The van der Waals surface area contributed by atoms with E-state index >= 15 is 0 Å². The summed E-state index contributed by atoms with van der Waals surface area (Å²) in [6.07, 6.45) is 0. The summed E-state index contributed by atoms with van der Waals surface area (Å²) in [6.45, 7) is 7.57. The van der Waals surface area contributed by atoms with Crippen molar-refractivity contribution in [2.75, 3.05) is 40.5 Å². The zero-order valence-electron chi connectivity index (χ0n) is 12.2. The molecule has 0 aliphatic carbocycles. The Labute approximate surface area is 115 Å². The zero-order chi connectivity index (χ0) is 13.9. The van der Waals surface area contributed by atoms with Crippen molar-refractivity contribution in [2.24, 2.45) is 0 Å². The van der Waals surface area contributed by atoms with Crippen LogP contribution >= 0.6 is 0 Å². The topological polar surface area (TPSA) is 39.7 Å². The van der Waals surface area contributed by atoms with E-state index in [0.717, 1.165) is 37.8 Å². The second kappa shape index (κ2) is 5.80. The molecule has 2 rings (SSSR count). The minimum absolute atomic E-state index is 0.0255. The van der Waals surface area contributed by atoms with Crippen LogP contribution in [0.5, 0.6) is 11.5 Å². The summed E-state index contributed by atoms with van der Waals surface area (Å²) < 4.78 is 16.4. The van der Waals surface area contributed by atoms with Crippen molar-refractivity contribution in [1.29, 1.82) is 0 Å². The van der Waals surface area contributed by atoms with Gasteiger partial charge in [-0.05, 0) is 25.1 Å². The smallest absolute Gasteiger partial charge is 0.126 e. The van der Waals surface area contributed by atoms with Gasteiger partial charge in [0.1, 0.15) is 11.5 Å². The Morgan fingerprint density at radius 3 is 2.47 bits per heavy atom. The number of rotatable bonds is 6. The highest BCUT2D eigenvalue weighted by molar-refractivity contribution is 5.51. The lowest BCUT2D eigenvalue weighted by atomic mass is 9.75. The first-order valence-corrected chi connectivity index (χ1v) is 6.68. The van der Waals surface area contributed by atoms with Gasteiger partial charge in [-0.25, -0.2) is 0 Å². The highest BCUT2D eigenvalue weighted by atomic mass is 16.5. The zero-order valence-corrected chi connectivity index (χ0v) is 12.2. The van der Waals surface area contributed by atoms with Gasteiger partial charge in [-0.15, -0.1) is 0 Å². The average molecular weight is 265 g/mol. The van der Waals surface area contributed by atoms with Crippen molar-refractivity contribution in [1.82, 2.24) is 5.32 Å². The molecule has 1 aromatic carbocycles. The van der Waals surface area contributed by atoms with Gasteiger partial charge in [0.15, 0.2) is 0 Å². The fraction of sp³-hybridized carbons (Fsp3) is 0.600. The van der Waals surface area contributed by atoms with Gasteiger partial charge in [0.05, 0.1) is 32.8 Å². The van der Waals surface area contributed by atoms with Gasteiger partial charge in [-0.3, -0.25) is 0 Å². The molecular weight excluding hydrogens is 242 g/mol. The Hall–Kier alpha value is -1.26. The number of aryl methyl sites for hydroxylation is 1. The number of benzene rings is 1. The number of nitrogens with one attached hydrogen (secondary N) is 1. The molecule has 0 spiro atoms. The van der Waals surface area contributed by atoms with Crippen LogP contribution in [0.15, 0.2) is 12.1 Å². The van der Waals surface area contributed by atoms with Gasteiger partial charge < -0.3 is 19.5 Å². The average Bonchev–Trinajstić information content (AvgIpc) is 2.38. The fourth-order valence-electron chi connectivity index (χ4n) is 2.73. The van der Waals surface area contributed by atoms with Gasteiger partial charge in [0.25, 0.3) is 0 Å². The van der Waals surface area contributed by atoms with E-state index in [1.54, 1.807) is 14.2 Å². The maximum Gasteiger partial charge on any atom is 0.126 e. The molecule has 4 nitrogen and oxygen atoms in total. The second-order valence-electron chi connectivity index (χ2n) is 5.08. The predicted molar refractivity (Wildman–Crippen MR) is 75.3 cm³/mol. The molecule has 0 bridgehead atoms. The summed E-state index contributed by atoms with van der Waals surface area (Å²) in [7, 11) is 3.38. The van der Waals surface area contributed by atoms with Crippen LogP contribution < -0.4 is 14.8 Å². The molecule has 0 aromatic heterocycles. The van der Waals surface area contributed by atoms with E-state index in [0.29, 0.717) is 0 Å². The Bertz CT molecular complexity index is 441. The molecule has 1 fully saturated rings. The number of methoxy groups -OCH3 is 2. The summed E-state index contributed by atoms with van der Waals surface area (Å²) >= 11 is 0. The summed E-state index contributed by atoms with van der Waals surface area (Å²) in [6, 6.07) is 4.01. The van der Waals surface area contributed by atoms with Gasteiger partial charge in [-0.2, -0.15) is 0 Å². The van der Waals surface area contributed by atoms with Crippen molar-refractivity contribution in [2.45, 2.75) is 19.3 Å². The summed E-state index contributed by atoms with van der Waals surface area (Å²) in [5.41, 5.74) is 2.46. The largest absolute Gasteiger partial charge is 0.497 e. The van der Waals surface area contributed by atoms with Crippen molar-refractivity contribution in [3.05, 3.63) is 23.3 Å². The van der Waals surface area contributed by atoms with E-state index in [9.17, 15) is 0 Å². The van der Waals surface area contributed by atoms with E-state index in [1.165, 1.54) is 11.1 Å². The van der Waals surface area contributed by atoms with Crippen LogP contribution in [-0.4, -0.2) is 40.5 Å². The Balaban J connectivity index is 2.41. The SMILES string of the molecule is CCNCC1(c2c(C)cc(OC)cc2OC)COC1. The first-order valence-electron chi connectivity index (χ1n) is 6.68. The minimum atomic E-state index is 0.0255. The quantitative estimate of drug-likeness (QED) is 0.852. The molecule has 19 heavy (non-hydrogen) atoms. The molecule has 4 heteroatoms. The normalized spacial score (nSPS) is 16.8. The number of hydrogen-bond acceptors (Lipinski definition) is 4. The van der Waals surface area contributed by atoms with Crippen LogP contribution in [0.2, 0.25) is 0 Å². The molecule has 0 amide bonds. The lowest BCUT2D eigenvalue weighted by Gasteiger charge is -2.43. The maximum atomic E-state index is 5.57. The molecule has 1 saturated heterocycles. The Morgan fingerprint density at radius 2 is 2.00 bits per heavy atom. The monoisotopic (exact) mass is 265 g/mol. The molecule has 1 aliphatic heterocycles. The second-order valence-corrected chi connectivity index (χ2v) is 5.08. The minimum Gasteiger partial charge on any atom is -0.497 e. The number of ether oxygens (including phenoxy) is 3. The van der Waals surface area contributed by atoms with E-state index < -0.39 is 0 Å². The van der Waals surface area contributed by atoms with Gasteiger partial charge >= 0.3 is 0 Å². The first-order chi connectivity index (χ1) is 9.16. The van der Waals surface area contributed by atoms with E-state index in [4.69, 9.17) is 14.2 Å². The fourth-order valence-corrected chi connectivity index (χ4v) is 2.73. The third-order valence-corrected chi connectivity index (χ3v) is 3.73. The lowest BCUT2D eigenvalue weighted by Crippen LogP contribution is -2.54. The molecule has 0 saturated carbocycles. The van der Waals surface area contributed by atoms with Crippen molar-refractivity contribution >= 4 is 0 Å². The van der Waals surface area contributed by atoms with Gasteiger partial charge in [-0.1, -0.05) is 6.92 Å². The third kappa shape index (κ3) is 2.55. The van der Waals surface area contributed by atoms with Crippen LogP contribution in [0.25, 0.3) is 0 Å². The molecule has 0 radical (unpaired) electrons. The van der Waals surface area contributed by atoms with Gasteiger partial charge in [0, 0.05) is 18.2 Å². The Kier molecular flexibility index (Phi) is 4.32. The highest BCUT2D eigenvalue weighted by Crippen LogP contribution is 2.41. The number of hydrogen-bond donors (Lipinski definition) is 1. The molecule has 0 atom stereocenters. The van der Waals surface area contributed by atoms with Crippen LogP contribution in [0.1, 0.15) is 18.1 Å². The molecule has 1 aliphatic rings. The molecule has 1 heterocycles. The predicted octanol–water partition coefficient (Wildman–Crippen LogP) is 1.89. The van der Waals surface area contributed by atoms with E-state index in [2.05, 4.69) is 25.2 Å². The first kappa shape index (κ1) is 14.2. The number of likely N-dealkylation sites (N-methyl/N-ethyl adjacent to an activating group) is 1. The van der Waals surface area contributed by atoms with Crippen LogP contribution in [0.4, 0.5) is 0 Å². The summed E-state index contributed by atoms with van der Waals surface area (Å²) in [5.74, 6) is 1.72. The highest BCUT2D eigenvalue weighted by Gasteiger charge is 2.43. The molecule has 106 valence electrons. The van der Waals surface area contributed by atoms with Crippen molar-refractivity contribution in [3.8, 4) is 11.5 Å². The Morgan fingerprint density at radius 1 is 1.26 bits per heavy atom. The van der Waals surface area contributed by atoms with Gasteiger partial charge in [0.2, 0.25) is 0 Å². The summed E-state index contributed by atoms with van der Waals surface area (Å²) in [5, 5.41) is 3.43. The molecular formula is C15H23NO3. The molecule has 1 N–H and O–H groups in total. The van der Waals surface area contributed by atoms with Crippen LogP contribution in [0.3, 0.4) is 0 Å². The molecule has 0 unspecified atom stereocenters. The van der Waals surface area contributed by atoms with Crippen molar-refractivity contribution < 1.29 is 14.2 Å². The van der Waals surface area contributed by atoms with E-state index in [1.807, 2.05) is 6.07 Å². The maximum absolute atomic E-state index is 5.57. The van der Waals surface area contributed by atoms with Crippen LogP contribution in [0, 0.1) is 6.92 Å².